The molecule has 3 atom stereocenters. The van der Waals surface area contributed by atoms with Gasteiger partial charge in [-0.2, -0.15) is 4.36 Å². The molecule has 8 heteroatoms. The van der Waals surface area contributed by atoms with Crippen LogP contribution >= 0.6 is 11.6 Å². The fourth-order valence-electron chi connectivity index (χ4n) is 7.03. The third-order valence-corrected chi connectivity index (χ3v) is 10.6. The first-order valence-corrected chi connectivity index (χ1v) is 15.8. The van der Waals surface area contributed by atoms with Gasteiger partial charge in [-0.3, -0.25) is 9.00 Å². The van der Waals surface area contributed by atoms with E-state index in [9.17, 15) is 9.00 Å². The van der Waals surface area contributed by atoms with Crippen molar-refractivity contribution in [2.75, 3.05) is 37.5 Å². The highest BCUT2D eigenvalue weighted by atomic mass is 35.5. The lowest BCUT2D eigenvalue weighted by Crippen LogP contribution is -2.51. The quantitative estimate of drug-likeness (QED) is 0.337. The van der Waals surface area contributed by atoms with Gasteiger partial charge in [0.25, 0.3) is 5.91 Å². The van der Waals surface area contributed by atoms with Crippen LogP contribution in [-0.4, -0.2) is 48.3 Å². The minimum absolute atomic E-state index is 0.166. The summed E-state index contributed by atoms with van der Waals surface area (Å²) in [6.45, 7) is 4.26. The van der Waals surface area contributed by atoms with Crippen molar-refractivity contribution in [2.45, 2.75) is 56.5 Å². The molecule has 208 valence electrons. The standard InChI is InChI=1S/C31H37ClN2O4S/c1-21-5-3-12-31(37-2)15-22(16-31)17-34-19-30(11-4-6-23-13-25(32)8-9-26(23)30)20-38-28-10-7-24(14-27(28)34)29(35)33-39(36)18-21/h3,7-10,12-14,21-22,39H,4-6,11,15-20H2,1-2H3/b12-3+/t21-,22-,30-,31+/m0/s1. The van der Waals surface area contributed by atoms with E-state index in [1.807, 2.05) is 18.2 Å². The Morgan fingerprint density at radius 2 is 2.05 bits per heavy atom. The number of hydrogen-bond acceptors (Lipinski definition) is 5. The maximum Gasteiger partial charge on any atom is 0.284 e. The van der Waals surface area contributed by atoms with Crippen molar-refractivity contribution in [1.29, 1.82) is 0 Å². The molecule has 1 amide bonds. The molecule has 5 aliphatic rings. The maximum atomic E-state index is 13.1. The van der Waals surface area contributed by atoms with Gasteiger partial charge in [-0.15, -0.1) is 0 Å². The van der Waals surface area contributed by atoms with Gasteiger partial charge in [0.05, 0.1) is 17.9 Å². The first kappa shape index (κ1) is 26.9. The van der Waals surface area contributed by atoms with E-state index in [0.29, 0.717) is 23.8 Å². The molecule has 1 fully saturated rings. The Balaban J connectivity index is 1.41. The van der Waals surface area contributed by atoms with E-state index in [-0.39, 0.29) is 16.9 Å². The molecule has 1 spiro atoms. The summed E-state index contributed by atoms with van der Waals surface area (Å²) in [5.74, 6) is 1.36. The number of rotatable bonds is 1. The van der Waals surface area contributed by atoms with E-state index in [2.05, 4.69) is 40.5 Å². The van der Waals surface area contributed by atoms with Crippen molar-refractivity contribution in [3.05, 3.63) is 70.3 Å². The Hall–Kier alpha value is -2.35. The normalized spacial score (nSPS) is 33.7. The summed E-state index contributed by atoms with van der Waals surface area (Å²) in [6.07, 6.45) is 10.2. The molecule has 7 rings (SSSR count). The summed E-state index contributed by atoms with van der Waals surface area (Å²) in [6, 6.07) is 11.8. The molecule has 2 aromatic rings. The number of methoxy groups -OCH3 is 1. The zero-order valence-electron chi connectivity index (χ0n) is 22.7. The van der Waals surface area contributed by atoms with Crippen LogP contribution in [-0.2, 0) is 27.2 Å². The van der Waals surface area contributed by atoms with E-state index < -0.39 is 16.5 Å². The number of fused-ring (bicyclic) bond motifs is 7. The minimum atomic E-state index is -1.98. The third-order valence-electron chi connectivity index (χ3n) is 9.07. The fraction of sp³-hybridized carbons (Fsp3) is 0.516. The summed E-state index contributed by atoms with van der Waals surface area (Å²) in [5.41, 5.74) is 3.57. The Morgan fingerprint density at radius 3 is 2.87 bits per heavy atom. The number of hydrogen-bond donors (Lipinski definition) is 1. The van der Waals surface area contributed by atoms with Crippen molar-refractivity contribution >= 4 is 33.8 Å². The van der Waals surface area contributed by atoms with Gasteiger partial charge in [-0.05, 0) is 91.8 Å². The van der Waals surface area contributed by atoms with E-state index in [0.717, 1.165) is 68.1 Å². The van der Waals surface area contributed by atoms with Crippen LogP contribution < -0.4 is 9.64 Å². The highest BCUT2D eigenvalue weighted by Crippen LogP contribution is 2.47. The molecule has 3 aliphatic heterocycles. The van der Waals surface area contributed by atoms with Crippen molar-refractivity contribution in [3.63, 3.8) is 0 Å². The van der Waals surface area contributed by atoms with Gasteiger partial charge in [0.2, 0.25) is 0 Å². The Morgan fingerprint density at radius 1 is 1.21 bits per heavy atom. The predicted molar refractivity (Wildman–Crippen MR) is 157 cm³/mol. The van der Waals surface area contributed by atoms with Gasteiger partial charge in [0, 0.05) is 52.5 Å². The van der Waals surface area contributed by atoms with Crippen LogP contribution in [0.1, 0.15) is 60.5 Å². The molecule has 3 heterocycles. The number of nitrogens with zero attached hydrogens (tertiary/aromatic N) is 2. The fourth-order valence-corrected chi connectivity index (χ4v) is 8.31. The number of allylic oxidation sites excluding steroid dienone is 1. The van der Waals surface area contributed by atoms with Crippen molar-refractivity contribution in [3.8, 4) is 5.75 Å². The van der Waals surface area contributed by atoms with Crippen LogP contribution in [0.15, 0.2) is 52.9 Å². The molecular weight excluding hydrogens is 532 g/mol. The molecule has 0 radical (unpaired) electrons. The molecule has 2 aliphatic carbocycles. The van der Waals surface area contributed by atoms with Crippen LogP contribution in [0.5, 0.6) is 5.75 Å². The Kier molecular flexibility index (Phi) is 7.27. The second kappa shape index (κ2) is 10.6. The zero-order valence-corrected chi connectivity index (χ0v) is 24.3. The number of halogens is 1. The molecule has 39 heavy (non-hydrogen) atoms. The van der Waals surface area contributed by atoms with Gasteiger partial charge in [0.1, 0.15) is 5.75 Å². The first-order chi connectivity index (χ1) is 18.8. The highest BCUT2D eigenvalue weighted by Gasteiger charge is 2.46. The van der Waals surface area contributed by atoms with Gasteiger partial charge in [0.15, 0.2) is 0 Å². The first-order valence-electron chi connectivity index (χ1n) is 14.0. The molecular formula is C31H37ClN2O4S. The number of aryl methyl sites for hydroxylation is 1. The second-order valence-electron chi connectivity index (χ2n) is 12.0. The number of thiol groups is 1. The minimum Gasteiger partial charge on any atom is -0.490 e. The van der Waals surface area contributed by atoms with E-state index >= 15 is 0 Å². The smallest absolute Gasteiger partial charge is 0.284 e. The molecule has 1 unspecified atom stereocenters. The average molecular weight is 569 g/mol. The highest BCUT2D eigenvalue weighted by molar-refractivity contribution is 7.75. The van der Waals surface area contributed by atoms with E-state index in [1.165, 1.54) is 11.1 Å². The van der Waals surface area contributed by atoms with Crippen molar-refractivity contribution < 1.29 is 18.5 Å². The van der Waals surface area contributed by atoms with Crippen LogP contribution in [0, 0.1) is 11.8 Å². The molecule has 0 saturated heterocycles. The summed E-state index contributed by atoms with van der Waals surface area (Å²) >= 11 is 6.38. The van der Waals surface area contributed by atoms with E-state index in [1.54, 1.807) is 13.2 Å². The van der Waals surface area contributed by atoms with E-state index in [4.69, 9.17) is 21.1 Å². The lowest BCUT2D eigenvalue weighted by molar-refractivity contribution is -0.0642. The molecule has 2 aromatic carbocycles. The summed E-state index contributed by atoms with van der Waals surface area (Å²) < 4.78 is 29.4. The van der Waals surface area contributed by atoms with Crippen LogP contribution in [0.2, 0.25) is 5.02 Å². The SMILES string of the molecule is CO[C@]12/C=C/C[C@H](C)C/[SH](=O)=N\C(=O)c3ccc4c(c3)N(C[C@@]3(CCCc5cc(Cl)ccc53)CO4)C[C@@H](C1)C2. The molecule has 0 N–H and O–H groups in total. The molecule has 6 nitrogen and oxygen atoms in total. The monoisotopic (exact) mass is 568 g/mol. The van der Waals surface area contributed by atoms with Crippen LogP contribution in [0.25, 0.3) is 0 Å². The van der Waals surface area contributed by atoms with Gasteiger partial charge in [-0.25, -0.2) is 0 Å². The van der Waals surface area contributed by atoms with Gasteiger partial charge >= 0.3 is 0 Å². The van der Waals surface area contributed by atoms with Gasteiger partial charge in [-0.1, -0.05) is 36.7 Å². The lowest BCUT2D eigenvalue weighted by Gasteiger charge is -2.48. The molecule has 4 bridgehead atoms. The van der Waals surface area contributed by atoms with Crippen LogP contribution in [0.3, 0.4) is 0 Å². The Bertz CT molecular complexity index is 1390. The topological polar surface area (TPSA) is 68.2 Å². The summed E-state index contributed by atoms with van der Waals surface area (Å²) in [7, 11) is -0.185. The number of benzene rings is 2. The lowest BCUT2D eigenvalue weighted by atomic mass is 9.68. The summed E-state index contributed by atoms with van der Waals surface area (Å²) in [5, 5.41) is 0.770. The number of carbonyl (C=O) groups excluding carboxylic acids is 1. The van der Waals surface area contributed by atoms with Crippen molar-refractivity contribution in [2.24, 2.45) is 16.2 Å². The number of ether oxygens (including phenoxy) is 2. The number of carbonyl (C=O) groups is 1. The Labute approximate surface area is 237 Å². The maximum absolute atomic E-state index is 13.1. The molecule has 0 aromatic heterocycles. The molecule has 1 saturated carbocycles. The van der Waals surface area contributed by atoms with Crippen molar-refractivity contribution in [1.82, 2.24) is 0 Å². The third kappa shape index (κ3) is 5.25. The van der Waals surface area contributed by atoms with Crippen LogP contribution in [0.4, 0.5) is 5.69 Å². The zero-order chi connectivity index (χ0) is 27.2. The number of amides is 1. The van der Waals surface area contributed by atoms with Gasteiger partial charge < -0.3 is 14.4 Å². The predicted octanol–water partition coefficient (Wildman–Crippen LogP) is 6.01. The summed E-state index contributed by atoms with van der Waals surface area (Å²) in [4.78, 5) is 15.5. The second-order valence-corrected chi connectivity index (χ2v) is 13.7. The largest absolute Gasteiger partial charge is 0.490 e. The average Bonchev–Trinajstić information content (AvgIpc) is 3.03. The number of anilines is 1.